The number of benzene rings is 1. The summed E-state index contributed by atoms with van der Waals surface area (Å²) in [6.07, 6.45) is 0. The van der Waals surface area contributed by atoms with Crippen molar-refractivity contribution in [2.75, 3.05) is 30.5 Å². The number of nitrogens with two attached hydrogens (primary N) is 1. The number of nitrogen functional groups attached to an aromatic ring is 1. The lowest BCUT2D eigenvalue weighted by Gasteiger charge is -2.10. The molecule has 5 N–H and O–H groups in total. The fourth-order valence-electron chi connectivity index (χ4n) is 1.05. The van der Waals surface area contributed by atoms with Crippen molar-refractivity contribution in [3.8, 4) is 5.75 Å². The molecule has 0 radical (unpaired) electrons. The van der Waals surface area contributed by atoms with Crippen LogP contribution < -0.4 is 16.4 Å². The van der Waals surface area contributed by atoms with E-state index in [1.165, 1.54) is 0 Å². The van der Waals surface area contributed by atoms with E-state index in [2.05, 4.69) is 10.6 Å². The van der Waals surface area contributed by atoms with Gasteiger partial charge in [0.25, 0.3) is 0 Å². The number of hydrogen-bond acceptors (Lipinski definition) is 4. The summed E-state index contributed by atoms with van der Waals surface area (Å²) in [5, 5.41) is 15.0. The average Bonchev–Trinajstić information content (AvgIpc) is 2.08. The molecule has 4 heteroatoms. The van der Waals surface area contributed by atoms with Crippen LogP contribution in [0.25, 0.3) is 0 Å². The van der Waals surface area contributed by atoms with E-state index in [0.717, 1.165) is 11.4 Å². The van der Waals surface area contributed by atoms with Gasteiger partial charge in [0.2, 0.25) is 0 Å². The molecule has 0 bridgehead atoms. The monoisotopic (exact) mass is 167 g/mol. The van der Waals surface area contributed by atoms with Gasteiger partial charge in [-0.2, -0.15) is 0 Å². The number of phenols is 1. The molecule has 0 fully saturated rings. The third-order valence-electron chi connectivity index (χ3n) is 1.70. The lowest BCUT2D eigenvalue weighted by molar-refractivity contribution is 0.476. The number of rotatable bonds is 2. The summed E-state index contributed by atoms with van der Waals surface area (Å²) in [5.74, 6) is 0.193. The first kappa shape index (κ1) is 8.52. The third kappa shape index (κ3) is 1.37. The van der Waals surface area contributed by atoms with Crippen molar-refractivity contribution in [2.45, 2.75) is 0 Å². The summed E-state index contributed by atoms with van der Waals surface area (Å²) in [6, 6.07) is 3.16. The quantitative estimate of drug-likeness (QED) is 0.392. The second kappa shape index (κ2) is 3.21. The Morgan fingerprint density at radius 3 is 1.92 bits per heavy atom. The van der Waals surface area contributed by atoms with Crippen molar-refractivity contribution in [2.24, 2.45) is 0 Å². The van der Waals surface area contributed by atoms with Gasteiger partial charge in [-0.05, 0) is 0 Å². The number of aromatic hydroxyl groups is 1. The number of nitrogens with one attached hydrogen (secondary N) is 2. The highest BCUT2D eigenvalue weighted by Crippen LogP contribution is 2.31. The van der Waals surface area contributed by atoms with Crippen LogP contribution in [-0.2, 0) is 0 Å². The van der Waals surface area contributed by atoms with Crippen molar-refractivity contribution >= 4 is 17.1 Å². The van der Waals surface area contributed by atoms with E-state index < -0.39 is 0 Å². The molecule has 0 saturated heterocycles. The molecule has 12 heavy (non-hydrogen) atoms. The Morgan fingerprint density at radius 2 is 1.58 bits per heavy atom. The minimum absolute atomic E-state index is 0.193. The van der Waals surface area contributed by atoms with Crippen molar-refractivity contribution in [1.82, 2.24) is 0 Å². The highest BCUT2D eigenvalue weighted by molar-refractivity contribution is 5.81. The fraction of sp³-hybridized carbons (Fsp3) is 0.250. The molecule has 0 aliphatic carbocycles. The smallest absolute Gasteiger partial charge is 0.119 e. The molecular weight excluding hydrogens is 154 g/mol. The highest BCUT2D eigenvalue weighted by Gasteiger charge is 2.04. The van der Waals surface area contributed by atoms with Crippen molar-refractivity contribution in [1.29, 1.82) is 0 Å². The van der Waals surface area contributed by atoms with E-state index >= 15 is 0 Å². The molecule has 0 amide bonds. The maximum atomic E-state index is 9.25. The van der Waals surface area contributed by atoms with Crippen LogP contribution in [0.3, 0.4) is 0 Å². The minimum atomic E-state index is 0.193. The zero-order valence-corrected chi connectivity index (χ0v) is 7.18. The van der Waals surface area contributed by atoms with Crippen LogP contribution >= 0.6 is 0 Å². The van der Waals surface area contributed by atoms with Crippen LogP contribution in [0.2, 0.25) is 0 Å². The van der Waals surface area contributed by atoms with Crippen LogP contribution in [0.1, 0.15) is 0 Å². The summed E-state index contributed by atoms with van der Waals surface area (Å²) < 4.78 is 0. The van der Waals surface area contributed by atoms with Crippen molar-refractivity contribution < 1.29 is 5.11 Å². The zero-order chi connectivity index (χ0) is 9.14. The highest BCUT2D eigenvalue weighted by atomic mass is 16.3. The van der Waals surface area contributed by atoms with E-state index in [4.69, 9.17) is 5.73 Å². The third-order valence-corrected chi connectivity index (χ3v) is 1.70. The average molecular weight is 167 g/mol. The van der Waals surface area contributed by atoms with Gasteiger partial charge >= 0.3 is 0 Å². The van der Waals surface area contributed by atoms with Gasteiger partial charge in [-0.1, -0.05) is 0 Å². The molecule has 0 saturated carbocycles. The molecule has 0 aromatic heterocycles. The minimum Gasteiger partial charge on any atom is -0.508 e. The molecular formula is C8H13N3O. The second-order valence-corrected chi connectivity index (χ2v) is 2.45. The standard InChI is InChI=1S/C8H13N3O/c1-10-6-3-5(12)4-7(11-2)8(6)9/h3-4,10-12H,9H2,1-2H3. The van der Waals surface area contributed by atoms with Crippen molar-refractivity contribution in [3.63, 3.8) is 0 Å². The summed E-state index contributed by atoms with van der Waals surface area (Å²) >= 11 is 0. The van der Waals surface area contributed by atoms with E-state index in [1.807, 2.05) is 0 Å². The van der Waals surface area contributed by atoms with Crippen LogP contribution in [0.5, 0.6) is 5.75 Å². The van der Waals surface area contributed by atoms with Crippen LogP contribution in [0.15, 0.2) is 12.1 Å². The fourth-order valence-corrected chi connectivity index (χ4v) is 1.05. The Labute approximate surface area is 71.4 Å². The molecule has 4 nitrogen and oxygen atoms in total. The van der Waals surface area contributed by atoms with Gasteiger partial charge in [-0.25, -0.2) is 0 Å². The number of hydrogen-bond donors (Lipinski definition) is 4. The summed E-state index contributed by atoms with van der Waals surface area (Å²) in [7, 11) is 3.51. The lowest BCUT2D eigenvalue weighted by atomic mass is 10.2. The first-order chi connectivity index (χ1) is 5.69. The number of anilines is 3. The molecule has 0 atom stereocenters. The lowest BCUT2D eigenvalue weighted by Crippen LogP contribution is -2.00. The zero-order valence-electron chi connectivity index (χ0n) is 7.18. The number of phenolic OH excluding ortho intramolecular Hbond substituents is 1. The molecule has 0 aliphatic heterocycles. The van der Waals surface area contributed by atoms with E-state index in [9.17, 15) is 5.11 Å². The molecule has 1 aromatic rings. The molecule has 0 aliphatic rings. The first-order valence-corrected chi connectivity index (χ1v) is 3.67. The molecule has 0 spiro atoms. The van der Waals surface area contributed by atoms with Gasteiger partial charge < -0.3 is 21.5 Å². The van der Waals surface area contributed by atoms with Crippen LogP contribution in [0, 0.1) is 0 Å². The molecule has 1 aromatic carbocycles. The maximum absolute atomic E-state index is 9.25. The van der Waals surface area contributed by atoms with Crippen molar-refractivity contribution in [3.05, 3.63) is 12.1 Å². The van der Waals surface area contributed by atoms with Gasteiger partial charge in [-0.15, -0.1) is 0 Å². The SMILES string of the molecule is CNc1cc(O)cc(NC)c1N. The topological polar surface area (TPSA) is 70.3 Å². The first-order valence-electron chi connectivity index (χ1n) is 3.67. The Morgan fingerprint density at radius 1 is 1.17 bits per heavy atom. The van der Waals surface area contributed by atoms with Gasteiger partial charge in [0.1, 0.15) is 5.75 Å². The van der Waals surface area contributed by atoms with Crippen LogP contribution in [0.4, 0.5) is 17.1 Å². The second-order valence-electron chi connectivity index (χ2n) is 2.45. The Balaban J connectivity index is 3.22. The van der Waals surface area contributed by atoms with Crippen LogP contribution in [-0.4, -0.2) is 19.2 Å². The maximum Gasteiger partial charge on any atom is 0.119 e. The summed E-state index contributed by atoms with van der Waals surface area (Å²) in [4.78, 5) is 0. The summed E-state index contributed by atoms with van der Waals surface area (Å²) in [6.45, 7) is 0. The molecule has 1 rings (SSSR count). The van der Waals surface area contributed by atoms with Gasteiger partial charge in [0.15, 0.2) is 0 Å². The van der Waals surface area contributed by atoms with Gasteiger partial charge in [0, 0.05) is 26.2 Å². The van der Waals surface area contributed by atoms with E-state index in [-0.39, 0.29) is 5.75 Å². The predicted molar refractivity (Wildman–Crippen MR) is 51.6 cm³/mol. The largest absolute Gasteiger partial charge is 0.508 e. The Hall–Kier alpha value is -1.58. The molecule has 0 heterocycles. The van der Waals surface area contributed by atoms with E-state index in [1.54, 1.807) is 26.2 Å². The van der Waals surface area contributed by atoms with Gasteiger partial charge in [-0.3, -0.25) is 0 Å². The normalized spacial score (nSPS) is 9.50. The summed E-state index contributed by atoms with van der Waals surface area (Å²) in [5.41, 5.74) is 7.79. The molecule has 0 unspecified atom stereocenters. The molecule has 66 valence electrons. The van der Waals surface area contributed by atoms with E-state index in [0.29, 0.717) is 5.69 Å². The Bertz CT molecular complexity index is 261. The van der Waals surface area contributed by atoms with Gasteiger partial charge in [0.05, 0.1) is 17.1 Å². The Kier molecular flexibility index (Phi) is 2.28. The predicted octanol–water partition coefficient (Wildman–Crippen LogP) is 1.06.